The number of carbonyl (C=O) groups is 3. The topological polar surface area (TPSA) is 69.7 Å². The quantitative estimate of drug-likeness (QED) is 0.869. The summed E-state index contributed by atoms with van der Waals surface area (Å²) in [5.74, 6) is -0.226. The van der Waals surface area contributed by atoms with Crippen LogP contribution in [0.25, 0.3) is 0 Å². The second-order valence-corrected chi connectivity index (χ2v) is 8.40. The maximum atomic E-state index is 12.7. The summed E-state index contributed by atoms with van der Waals surface area (Å²) in [6.45, 7) is 4.08. The fourth-order valence-electron chi connectivity index (χ4n) is 4.75. The van der Waals surface area contributed by atoms with Crippen LogP contribution in [-0.2, 0) is 9.59 Å². The molecule has 1 aromatic rings. The van der Waals surface area contributed by atoms with Gasteiger partial charge in [-0.25, -0.2) is 0 Å². The summed E-state index contributed by atoms with van der Waals surface area (Å²) in [5, 5.41) is 2.98. The van der Waals surface area contributed by atoms with E-state index in [0.29, 0.717) is 24.6 Å². The zero-order valence-corrected chi connectivity index (χ0v) is 16.6. The molecule has 6 heteroatoms. The van der Waals surface area contributed by atoms with Gasteiger partial charge in [-0.05, 0) is 56.4 Å². The Balaban J connectivity index is 1.39. The molecule has 0 aromatic heterocycles. The Kier molecular flexibility index (Phi) is 5.38. The molecule has 0 spiro atoms. The predicted octanol–water partition coefficient (Wildman–Crippen LogP) is 2.96. The highest BCUT2D eigenvalue weighted by molar-refractivity contribution is 5.99. The molecule has 1 unspecified atom stereocenters. The standard InChI is InChI=1S/C22H29N3O3/c1-15-12-16(22(28)24-10-4-5-11-24)8-9-19(15)23-21(27)17-13-20(26)25(14-17)18-6-2-3-7-18/h8-9,12,17-18H,2-7,10-11,13-14H2,1H3,(H,23,27). The number of benzene rings is 1. The van der Waals surface area contributed by atoms with Crippen molar-refractivity contribution in [2.75, 3.05) is 25.0 Å². The fraction of sp³-hybridized carbons (Fsp3) is 0.591. The van der Waals surface area contributed by atoms with E-state index in [0.717, 1.165) is 50.0 Å². The highest BCUT2D eigenvalue weighted by Crippen LogP contribution is 2.30. The van der Waals surface area contributed by atoms with Gasteiger partial charge in [-0.2, -0.15) is 0 Å². The molecular weight excluding hydrogens is 354 g/mol. The predicted molar refractivity (Wildman–Crippen MR) is 107 cm³/mol. The molecule has 1 aliphatic carbocycles. The van der Waals surface area contributed by atoms with Crippen LogP contribution in [0, 0.1) is 12.8 Å². The Morgan fingerprint density at radius 3 is 2.46 bits per heavy atom. The summed E-state index contributed by atoms with van der Waals surface area (Å²) in [7, 11) is 0. The Morgan fingerprint density at radius 1 is 1.07 bits per heavy atom. The maximum Gasteiger partial charge on any atom is 0.253 e. The molecule has 3 amide bonds. The summed E-state index contributed by atoms with van der Waals surface area (Å²) in [4.78, 5) is 41.4. The van der Waals surface area contributed by atoms with Crippen molar-refractivity contribution in [2.45, 2.75) is 57.9 Å². The van der Waals surface area contributed by atoms with Gasteiger partial charge in [0.15, 0.2) is 0 Å². The average Bonchev–Trinajstić information content (AvgIpc) is 3.44. The third-order valence-electron chi connectivity index (χ3n) is 6.42. The number of rotatable bonds is 4. The number of hydrogen-bond donors (Lipinski definition) is 1. The lowest BCUT2D eigenvalue weighted by molar-refractivity contribution is -0.129. The second-order valence-electron chi connectivity index (χ2n) is 8.40. The molecule has 28 heavy (non-hydrogen) atoms. The molecule has 2 aliphatic heterocycles. The van der Waals surface area contributed by atoms with Crippen molar-refractivity contribution < 1.29 is 14.4 Å². The minimum atomic E-state index is -0.293. The van der Waals surface area contributed by atoms with Crippen molar-refractivity contribution in [2.24, 2.45) is 5.92 Å². The van der Waals surface area contributed by atoms with Crippen LogP contribution in [0.2, 0.25) is 0 Å². The van der Waals surface area contributed by atoms with Crippen molar-refractivity contribution in [3.05, 3.63) is 29.3 Å². The number of aryl methyl sites for hydroxylation is 1. The number of carbonyl (C=O) groups excluding carboxylic acids is 3. The first-order valence-electron chi connectivity index (χ1n) is 10.5. The number of amides is 3. The summed E-state index contributed by atoms with van der Waals surface area (Å²) < 4.78 is 0. The summed E-state index contributed by atoms with van der Waals surface area (Å²) in [5.41, 5.74) is 2.26. The lowest BCUT2D eigenvalue weighted by atomic mass is 10.1. The van der Waals surface area contributed by atoms with E-state index in [1.54, 1.807) is 6.07 Å². The fourth-order valence-corrected chi connectivity index (χ4v) is 4.75. The van der Waals surface area contributed by atoms with Gasteiger partial charge in [-0.15, -0.1) is 0 Å². The van der Waals surface area contributed by atoms with Gasteiger partial charge < -0.3 is 15.1 Å². The molecule has 0 bridgehead atoms. The van der Waals surface area contributed by atoms with Crippen LogP contribution in [0.1, 0.15) is 60.9 Å². The monoisotopic (exact) mass is 383 g/mol. The van der Waals surface area contributed by atoms with Gasteiger partial charge in [0.05, 0.1) is 5.92 Å². The first-order chi connectivity index (χ1) is 13.5. The largest absolute Gasteiger partial charge is 0.339 e. The van der Waals surface area contributed by atoms with Gasteiger partial charge in [-0.3, -0.25) is 14.4 Å². The Morgan fingerprint density at radius 2 is 1.79 bits per heavy atom. The van der Waals surface area contributed by atoms with E-state index < -0.39 is 0 Å². The van der Waals surface area contributed by atoms with Crippen LogP contribution in [0.5, 0.6) is 0 Å². The van der Waals surface area contributed by atoms with E-state index in [1.165, 1.54) is 12.8 Å². The molecule has 1 atom stereocenters. The Labute approximate surface area is 166 Å². The van der Waals surface area contributed by atoms with Crippen molar-refractivity contribution in [3.63, 3.8) is 0 Å². The van der Waals surface area contributed by atoms with Gasteiger partial charge in [0, 0.05) is 43.3 Å². The van der Waals surface area contributed by atoms with Crippen molar-refractivity contribution in [1.29, 1.82) is 0 Å². The zero-order valence-electron chi connectivity index (χ0n) is 16.6. The van der Waals surface area contributed by atoms with E-state index in [1.807, 2.05) is 28.9 Å². The van der Waals surface area contributed by atoms with E-state index in [4.69, 9.17) is 0 Å². The normalized spacial score (nSPS) is 22.9. The minimum Gasteiger partial charge on any atom is -0.339 e. The third-order valence-corrected chi connectivity index (χ3v) is 6.42. The summed E-state index contributed by atoms with van der Waals surface area (Å²) >= 11 is 0. The van der Waals surface area contributed by atoms with E-state index in [9.17, 15) is 14.4 Å². The molecule has 6 nitrogen and oxygen atoms in total. The van der Waals surface area contributed by atoms with Crippen molar-refractivity contribution in [1.82, 2.24) is 9.80 Å². The maximum absolute atomic E-state index is 12.7. The van der Waals surface area contributed by atoms with Crippen LogP contribution in [0.3, 0.4) is 0 Å². The van der Waals surface area contributed by atoms with Crippen LogP contribution in [0.4, 0.5) is 5.69 Å². The number of likely N-dealkylation sites (tertiary alicyclic amines) is 2. The molecule has 3 aliphatic rings. The summed E-state index contributed by atoms with van der Waals surface area (Å²) in [6, 6.07) is 5.76. The van der Waals surface area contributed by atoms with Crippen LogP contribution >= 0.6 is 0 Å². The van der Waals surface area contributed by atoms with E-state index in [2.05, 4.69) is 5.32 Å². The van der Waals surface area contributed by atoms with E-state index in [-0.39, 0.29) is 23.6 Å². The highest BCUT2D eigenvalue weighted by atomic mass is 16.2. The number of anilines is 1. The van der Waals surface area contributed by atoms with Crippen molar-refractivity contribution >= 4 is 23.4 Å². The average molecular weight is 383 g/mol. The zero-order chi connectivity index (χ0) is 19.7. The van der Waals surface area contributed by atoms with Gasteiger partial charge in [-0.1, -0.05) is 12.8 Å². The smallest absolute Gasteiger partial charge is 0.253 e. The van der Waals surface area contributed by atoms with Crippen LogP contribution < -0.4 is 5.32 Å². The molecule has 0 radical (unpaired) electrons. The van der Waals surface area contributed by atoms with Crippen LogP contribution in [0.15, 0.2) is 18.2 Å². The SMILES string of the molecule is Cc1cc(C(=O)N2CCCC2)ccc1NC(=O)C1CC(=O)N(C2CCCC2)C1. The molecule has 150 valence electrons. The third kappa shape index (κ3) is 3.77. The molecule has 4 rings (SSSR count). The molecule has 2 saturated heterocycles. The molecular formula is C22H29N3O3. The van der Waals surface area contributed by atoms with Gasteiger partial charge in [0.2, 0.25) is 11.8 Å². The van der Waals surface area contributed by atoms with Gasteiger partial charge in [0.1, 0.15) is 0 Å². The number of hydrogen-bond acceptors (Lipinski definition) is 3. The van der Waals surface area contributed by atoms with Crippen molar-refractivity contribution in [3.8, 4) is 0 Å². The summed E-state index contributed by atoms with van der Waals surface area (Å²) in [6.07, 6.45) is 6.90. The highest BCUT2D eigenvalue weighted by Gasteiger charge is 2.38. The number of nitrogens with one attached hydrogen (secondary N) is 1. The first kappa shape index (κ1) is 19.0. The number of nitrogens with zero attached hydrogens (tertiary/aromatic N) is 2. The lowest BCUT2D eigenvalue weighted by Gasteiger charge is -2.24. The molecule has 1 aromatic carbocycles. The molecule has 1 N–H and O–H groups in total. The second kappa shape index (κ2) is 7.94. The minimum absolute atomic E-state index is 0.0621. The molecule has 2 heterocycles. The lowest BCUT2D eigenvalue weighted by Crippen LogP contribution is -2.35. The Bertz CT molecular complexity index is 779. The Hall–Kier alpha value is -2.37. The van der Waals surface area contributed by atoms with E-state index >= 15 is 0 Å². The van der Waals surface area contributed by atoms with Crippen LogP contribution in [-0.4, -0.2) is 53.2 Å². The molecule has 3 fully saturated rings. The first-order valence-corrected chi connectivity index (χ1v) is 10.5. The van der Waals surface area contributed by atoms with Gasteiger partial charge >= 0.3 is 0 Å². The van der Waals surface area contributed by atoms with Gasteiger partial charge in [0.25, 0.3) is 5.91 Å². The molecule has 1 saturated carbocycles.